The zero-order valence-electron chi connectivity index (χ0n) is 8.40. The maximum absolute atomic E-state index is 11.4. The summed E-state index contributed by atoms with van der Waals surface area (Å²) in [5, 5.41) is 2.36. The van der Waals surface area contributed by atoms with Crippen LogP contribution in [0.3, 0.4) is 0 Å². The molecular formula is C13H10NO+. The fraction of sp³-hybridized carbons (Fsp3) is 0.0769. The zero-order chi connectivity index (χ0) is 10.4. The summed E-state index contributed by atoms with van der Waals surface area (Å²) in [5.74, 6) is 0.0544. The third-order valence-corrected chi connectivity index (χ3v) is 2.78. The number of rotatable bonds is 0. The summed E-state index contributed by atoms with van der Waals surface area (Å²) in [4.78, 5) is 11.4. The van der Waals surface area contributed by atoms with Gasteiger partial charge in [0.1, 0.15) is 0 Å². The third kappa shape index (κ3) is 1.05. The van der Waals surface area contributed by atoms with Crippen LogP contribution in [0.5, 0.6) is 0 Å². The number of nitrogens with zero attached hydrogens (tertiary/aromatic N) is 1. The number of benzene rings is 2. The Kier molecular flexibility index (Phi) is 1.54. The summed E-state index contributed by atoms with van der Waals surface area (Å²) in [6.45, 7) is 1.58. The largest absolute Gasteiger partial charge is 0.389 e. The number of carbonyl (C=O) groups excluding carboxylic acids is 1. The molecule has 0 spiro atoms. The molecule has 1 amide bonds. The van der Waals surface area contributed by atoms with Gasteiger partial charge in [-0.05, 0) is 11.5 Å². The Balaban J connectivity index is 2.45. The molecule has 2 nitrogen and oxygen atoms in total. The second-order valence-corrected chi connectivity index (χ2v) is 3.74. The van der Waals surface area contributed by atoms with Gasteiger partial charge in [0.15, 0.2) is 6.21 Å². The minimum absolute atomic E-state index is 0.0544. The van der Waals surface area contributed by atoms with E-state index < -0.39 is 0 Å². The standard InChI is InChI=1S/C13H10NO/c1-9(15)14-8-11-6-2-4-10-5-3-7-12(14)13(10)11/h2-8H,1H3/q+1. The van der Waals surface area contributed by atoms with E-state index in [9.17, 15) is 4.79 Å². The lowest BCUT2D eigenvalue weighted by atomic mass is 10.1. The molecule has 0 atom stereocenters. The van der Waals surface area contributed by atoms with Crippen LogP contribution in [0.2, 0.25) is 0 Å². The van der Waals surface area contributed by atoms with Crippen molar-refractivity contribution in [3.63, 3.8) is 0 Å². The van der Waals surface area contributed by atoms with Gasteiger partial charge in [0.2, 0.25) is 5.69 Å². The monoisotopic (exact) mass is 196 g/mol. The Labute approximate surface area is 87.5 Å². The molecular weight excluding hydrogens is 186 g/mol. The van der Waals surface area contributed by atoms with E-state index in [0.29, 0.717) is 0 Å². The van der Waals surface area contributed by atoms with Crippen molar-refractivity contribution in [3.05, 3.63) is 42.0 Å². The van der Waals surface area contributed by atoms with Crippen LogP contribution in [0.25, 0.3) is 10.8 Å². The van der Waals surface area contributed by atoms with Gasteiger partial charge >= 0.3 is 5.91 Å². The molecule has 0 aliphatic carbocycles. The van der Waals surface area contributed by atoms with Crippen LogP contribution >= 0.6 is 0 Å². The molecule has 0 N–H and O–H groups in total. The molecule has 72 valence electrons. The van der Waals surface area contributed by atoms with Crippen molar-refractivity contribution < 1.29 is 9.37 Å². The molecule has 2 aromatic carbocycles. The van der Waals surface area contributed by atoms with Crippen LogP contribution in [-0.4, -0.2) is 16.7 Å². The van der Waals surface area contributed by atoms with Crippen molar-refractivity contribution in [2.75, 3.05) is 0 Å². The van der Waals surface area contributed by atoms with Gasteiger partial charge in [-0.2, -0.15) is 0 Å². The van der Waals surface area contributed by atoms with Gasteiger partial charge < -0.3 is 0 Å². The van der Waals surface area contributed by atoms with E-state index in [1.54, 1.807) is 11.5 Å². The van der Waals surface area contributed by atoms with Crippen LogP contribution in [-0.2, 0) is 4.79 Å². The first-order valence-electron chi connectivity index (χ1n) is 4.94. The van der Waals surface area contributed by atoms with E-state index in [2.05, 4.69) is 12.1 Å². The molecule has 1 aliphatic heterocycles. The van der Waals surface area contributed by atoms with Crippen molar-refractivity contribution in [1.82, 2.24) is 0 Å². The fourth-order valence-electron chi connectivity index (χ4n) is 2.13. The second-order valence-electron chi connectivity index (χ2n) is 3.74. The highest BCUT2D eigenvalue weighted by molar-refractivity contribution is 6.08. The summed E-state index contributed by atoms with van der Waals surface area (Å²) in [7, 11) is 0. The summed E-state index contributed by atoms with van der Waals surface area (Å²) in [5.41, 5.74) is 2.12. The van der Waals surface area contributed by atoms with Crippen molar-refractivity contribution in [2.45, 2.75) is 6.92 Å². The van der Waals surface area contributed by atoms with Crippen LogP contribution in [0.15, 0.2) is 36.4 Å². The van der Waals surface area contributed by atoms with Gasteiger partial charge in [0, 0.05) is 6.07 Å². The maximum atomic E-state index is 11.4. The molecule has 1 heterocycles. The number of hydrogen-bond donors (Lipinski definition) is 0. The number of amides is 1. The molecule has 0 saturated heterocycles. The van der Waals surface area contributed by atoms with Crippen molar-refractivity contribution in [3.8, 4) is 0 Å². The first-order valence-corrected chi connectivity index (χ1v) is 4.94. The molecule has 0 unspecified atom stereocenters. The van der Waals surface area contributed by atoms with Gasteiger partial charge in [0.05, 0.1) is 17.9 Å². The predicted octanol–water partition coefficient (Wildman–Crippen LogP) is 2.46. The Morgan fingerprint density at radius 1 is 1.13 bits per heavy atom. The summed E-state index contributed by atoms with van der Waals surface area (Å²) >= 11 is 0. The van der Waals surface area contributed by atoms with E-state index in [1.165, 1.54) is 10.8 Å². The first kappa shape index (κ1) is 8.36. The lowest BCUT2D eigenvalue weighted by molar-refractivity contribution is -0.356. The quantitative estimate of drug-likeness (QED) is 0.592. The van der Waals surface area contributed by atoms with E-state index in [4.69, 9.17) is 0 Å². The average molecular weight is 196 g/mol. The van der Waals surface area contributed by atoms with E-state index in [1.807, 2.05) is 30.5 Å². The minimum atomic E-state index is 0.0544. The first-order chi connectivity index (χ1) is 7.27. The van der Waals surface area contributed by atoms with E-state index in [0.717, 1.165) is 11.3 Å². The summed E-state index contributed by atoms with van der Waals surface area (Å²) in [6.07, 6.45) is 1.90. The number of carbonyl (C=O) groups is 1. The maximum Gasteiger partial charge on any atom is 0.389 e. The molecule has 2 heteroatoms. The SMILES string of the molecule is CC(=O)[N+]1=Cc2cccc3cccc1c23. The fourth-order valence-corrected chi connectivity index (χ4v) is 2.13. The van der Waals surface area contributed by atoms with Crippen molar-refractivity contribution in [2.24, 2.45) is 0 Å². The molecule has 15 heavy (non-hydrogen) atoms. The molecule has 1 aliphatic rings. The topological polar surface area (TPSA) is 20.1 Å². The van der Waals surface area contributed by atoms with E-state index in [-0.39, 0.29) is 5.91 Å². The Hall–Kier alpha value is -1.96. The van der Waals surface area contributed by atoms with Crippen LogP contribution in [0.1, 0.15) is 12.5 Å². The lowest BCUT2D eigenvalue weighted by Gasteiger charge is -1.96. The summed E-state index contributed by atoms with van der Waals surface area (Å²) < 4.78 is 1.71. The van der Waals surface area contributed by atoms with E-state index >= 15 is 0 Å². The molecule has 0 saturated carbocycles. The Morgan fingerprint density at radius 2 is 1.87 bits per heavy atom. The van der Waals surface area contributed by atoms with Gasteiger partial charge in [-0.25, -0.2) is 4.79 Å². The molecule has 2 aromatic rings. The molecule has 0 aromatic heterocycles. The smallest absolute Gasteiger partial charge is 0.220 e. The van der Waals surface area contributed by atoms with Gasteiger partial charge in [-0.1, -0.05) is 24.3 Å². The molecule has 0 bridgehead atoms. The highest BCUT2D eigenvalue weighted by Gasteiger charge is 2.26. The van der Waals surface area contributed by atoms with Crippen LogP contribution < -0.4 is 0 Å². The Bertz CT molecular complexity index is 606. The zero-order valence-corrected chi connectivity index (χ0v) is 8.40. The summed E-state index contributed by atoms with van der Waals surface area (Å²) in [6, 6.07) is 12.2. The normalized spacial score (nSPS) is 13.0. The Morgan fingerprint density at radius 3 is 2.60 bits per heavy atom. The van der Waals surface area contributed by atoms with Gasteiger partial charge in [0.25, 0.3) is 0 Å². The van der Waals surface area contributed by atoms with Gasteiger partial charge in [-0.15, -0.1) is 4.58 Å². The predicted molar refractivity (Wildman–Crippen MR) is 59.7 cm³/mol. The van der Waals surface area contributed by atoms with Gasteiger partial charge in [-0.3, -0.25) is 0 Å². The van der Waals surface area contributed by atoms with Crippen molar-refractivity contribution in [1.29, 1.82) is 0 Å². The van der Waals surface area contributed by atoms with Crippen molar-refractivity contribution >= 4 is 28.6 Å². The molecule has 0 fully saturated rings. The molecule has 3 rings (SSSR count). The van der Waals surface area contributed by atoms with Crippen LogP contribution in [0, 0.1) is 0 Å². The highest BCUT2D eigenvalue weighted by Crippen LogP contribution is 2.32. The highest BCUT2D eigenvalue weighted by atomic mass is 16.1. The average Bonchev–Trinajstić information content (AvgIpc) is 2.61. The molecule has 0 radical (unpaired) electrons. The number of hydrogen-bond acceptors (Lipinski definition) is 1. The third-order valence-electron chi connectivity index (χ3n) is 2.78. The van der Waals surface area contributed by atoms with Crippen LogP contribution in [0.4, 0.5) is 5.69 Å². The second kappa shape index (κ2) is 2.76. The minimum Gasteiger partial charge on any atom is -0.220 e. The lowest BCUT2D eigenvalue weighted by Crippen LogP contribution is -2.09.